The minimum atomic E-state index is -1.20. The number of β-amino-alcohol motifs (C(OH)–C–C–N with tert-alkyl or cyclic N) is 1. The number of unbranched alkanes of at least 4 members (excludes halogenated alkanes) is 3. The number of likely N-dealkylation sites (tertiary alicyclic amines) is 1. The Hall–Kier alpha value is -2.04. The molecule has 0 bridgehead atoms. The molecule has 4 atom stereocenters. The van der Waals surface area contributed by atoms with E-state index in [9.17, 15) is 20.4 Å². The molecule has 2 aromatic rings. The summed E-state index contributed by atoms with van der Waals surface area (Å²) in [5.74, 6) is 0.842. The number of piperidine rings is 1. The molecule has 0 aliphatic carbocycles. The van der Waals surface area contributed by atoms with Crippen LogP contribution in [0, 0.1) is 0 Å². The van der Waals surface area contributed by atoms with E-state index in [1.54, 1.807) is 18.7 Å². The Morgan fingerprint density at radius 2 is 1.90 bits per heavy atom. The van der Waals surface area contributed by atoms with Gasteiger partial charge >= 0.3 is 0 Å². The first-order chi connectivity index (χ1) is 14.1. The normalized spacial score (nSPS) is 25.2. The molecule has 1 saturated heterocycles. The second-order valence-electron chi connectivity index (χ2n) is 7.51. The van der Waals surface area contributed by atoms with E-state index in [-0.39, 0.29) is 13.2 Å². The molecule has 0 spiro atoms. The van der Waals surface area contributed by atoms with Gasteiger partial charge in [0.05, 0.1) is 37.0 Å². The molecular formula is C20H31N5O4. The Kier molecular flexibility index (Phi) is 7.96. The van der Waals surface area contributed by atoms with Crippen molar-refractivity contribution in [2.45, 2.75) is 50.0 Å². The van der Waals surface area contributed by atoms with Crippen LogP contribution >= 0.6 is 0 Å². The second-order valence-corrected chi connectivity index (χ2v) is 7.51. The third-order valence-electron chi connectivity index (χ3n) is 5.44. The predicted octanol–water partition coefficient (Wildman–Crippen LogP) is -0.00120. The monoisotopic (exact) mass is 405 g/mol. The lowest BCUT2D eigenvalue weighted by Gasteiger charge is -2.43. The quantitative estimate of drug-likeness (QED) is 0.350. The molecule has 1 aliphatic heterocycles. The molecule has 0 radical (unpaired) electrons. The summed E-state index contributed by atoms with van der Waals surface area (Å²) in [4.78, 5) is 10.3. The third-order valence-corrected chi connectivity index (χ3v) is 5.44. The highest BCUT2D eigenvalue weighted by molar-refractivity contribution is 5.40. The molecule has 3 heterocycles. The van der Waals surface area contributed by atoms with Gasteiger partial charge in [-0.2, -0.15) is 0 Å². The van der Waals surface area contributed by atoms with Gasteiger partial charge in [-0.1, -0.05) is 12.8 Å². The summed E-state index contributed by atoms with van der Waals surface area (Å²) in [7, 11) is 0. The van der Waals surface area contributed by atoms with Crippen molar-refractivity contribution in [3.05, 3.63) is 37.1 Å². The van der Waals surface area contributed by atoms with Crippen LogP contribution in [0.3, 0.4) is 0 Å². The van der Waals surface area contributed by atoms with Crippen LogP contribution in [0.25, 0.3) is 5.69 Å². The number of hydrogen-bond donors (Lipinski definition) is 5. The SMILES string of the molecule is OC[C@@H]1[C@@H](O)[C@H](O)[C@@H](O)CN1CCCCCCNc1ccc(-n2ccnc2)cn1. The lowest BCUT2D eigenvalue weighted by Crippen LogP contribution is -2.62. The molecule has 9 nitrogen and oxygen atoms in total. The van der Waals surface area contributed by atoms with Gasteiger partial charge < -0.3 is 30.3 Å². The van der Waals surface area contributed by atoms with Crippen LogP contribution in [-0.4, -0.2) is 90.5 Å². The highest BCUT2D eigenvalue weighted by Crippen LogP contribution is 2.19. The standard InChI is InChI=1S/C20H31N5O4/c26-13-16-19(28)20(29)17(27)12-24(16)9-4-2-1-3-7-22-18-6-5-15(11-23-18)25-10-8-21-14-25/h5-6,8,10-11,14,16-17,19-20,26-29H,1-4,7,9,12-13H2,(H,22,23)/t16-,17+,19-,20-/m1/s1. The van der Waals surface area contributed by atoms with Crippen molar-refractivity contribution in [3.63, 3.8) is 0 Å². The Bertz CT molecular complexity index is 712. The predicted molar refractivity (Wildman–Crippen MR) is 109 cm³/mol. The zero-order chi connectivity index (χ0) is 20.6. The minimum absolute atomic E-state index is 0.235. The van der Waals surface area contributed by atoms with Crippen LogP contribution in [0.2, 0.25) is 0 Å². The zero-order valence-electron chi connectivity index (χ0n) is 16.5. The summed E-state index contributed by atoms with van der Waals surface area (Å²) in [6.45, 7) is 1.55. The van der Waals surface area contributed by atoms with E-state index in [1.807, 2.05) is 27.8 Å². The number of aromatic nitrogens is 3. The topological polar surface area (TPSA) is 127 Å². The van der Waals surface area contributed by atoms with Gasteiger partial charge in [-0.3, -0.25) is 4.90 Å². The maximum atomic E-state index is 10.00. The number of nitrogens with one attached hydrogen (secondary N) is 1. The van der Waals surface area contributed by atoms with E-state index in [0.717, 1.165) is 43.7 Å². The average Bonchev–Trinajstić information content (AvgIpc) is 3.27. The summed E-state index contributed by atoms with van der Waals surface area (Å²) in [5, 5.41) is 42.4. The van der Waals surface area contributed by atoms with E-state index in [2.05, 4.69) is 15.3 Å². The molecule has 160 valence electrons. The van der Waals surface area contributed by atoms with E-state index in [4.69, 9.17) is 0 Å². The highest BCUT2D eigenvalue weighted by atomic mass is 16.4. The molecule has 2 aromatic heterocycles. The largest absolute Gasteiger partial charge is 0.395 e. The van der Waals surface area contributed by atoms with Crippen LogP contribution in [-0.2, 0) is 0 Å². The third kappa shape index (κ3) is 5.74. The number of pyridine rings is 1. The fourth-order valence-electron chi connectivity index (χ4n) is 3.70. The fourth-order valence-corrected chi connectivity index (χ4v) is 3.70. The van der Waals surface area contributed by atoms with Crippen molar-refractivity contribution in [1.29, 1.82) is 0 Å². The Morgan fingerprint density at radius 3 is 2.59 bits per heavy atom. The number of rotatable bonds is 10. The first-order valence-corrected chi connectivity index (χ1v) is 10.2. The molecule has 0 saturated carbocycles. The number of anilines is 1. The van der Waals surface area contributed by atoms with Gasteiger partial charge in [-0.25, -0.2) is 9.97 Å². The summed E-state index contributed by atoms with van der Waals surface area (Å²) in [6.07, 6.45) is 7.82. The number of aliphatic hydroxyl groups is 4. The van der Waals surface area contributed by atoms with Gasteiger partial charge in [0, 0.05) is 25.5 Å². The molecule has 29 heavy (non-hydrogen) atoms. The molecule has 0 aromatic carbocycles. The summed E-state index contributed by atoms with van der Waals surface area (Å²) in [6, 6.07) is 3.42. The Balaban J connectivity index is 1.30. The van der Waals surface area contributed by atoms with Crippen molar-refractivity contribution >= 4 is 5.82 Å². The minimum Gasteiger partial charge on any atom is -0.395 e. The number of hydrogen-bond acceptors (Lipinski definition) is 8. The van der Waals surface area contributed by atoms with Crippen LogP contribution in [0.15, 0.2) is 37.1 Å². The van der Waals surface area contributed by atoms with E-state index in [1.165, 1.54) is 0 Å². The molecular weight excluding hydrogens is 374 g/mol. The molecule has 1 fully saturated rings. The maximum absolute atomic E-state index is 10.00. The van der Waals surface area contributed by atoms with Crippen LogP contribution in [0.1, 0.15) is 25.7 Å². The average molecular weight is 405 g/mol. The second kappa shape index (κ2) is 10.7. The number of aliphatic hydroxyl groups excluding tert-OH is 4. The fraction of sp³-hybridized carbons (Fsp3) is 0.600. The van der Waals surface area contributed by atoms with Crippen LogP contribution < -0.4 is 5.32 Å². The number of imidazole rings is 1. The summed E-state index contributed by atoms with van der Waals surface area (Å²) < 4.78 is 1.90. The first kappa shape index (κ1) is 21.7. The smallest absolute Gasteiger partial charge is 0.126 e. The number of nitrogens with zero attached hydrogens (tertiary/aromatic N) is 4. The van der Waals surface area contributed by atoms with Crippen molar-refractivity contribution < 1.29 is 20.4 Å². The maximum Gasteiger partial charge on any atom is 0.126 e. The summed E-state index contributed by atoms with van der Waals surface area (Å²) in [5.41, 5.74) is 0.967. The van der Waals surface area contributed by atoms with E-state index < -0.39 is 24.4 Å². The zero-order valence-corrected chi connectivity index (χ0v) is 16.5. The molecule has 9 heteroatoms. The summed E-state index contributed by atoms with van der Waals surface area (Å²) >= 11 is 0. The van der Waals surface area contributed by atoms with Crippen LogP contribution in [0.4, 0.5) is 5.82 Å². The van der Waals surface area contributed by atoms with E-state index in [0.29, 0.717) is 6.54 Å². The van der Waals surface area contributed by atoms with Crippen molar-refractivity contribution in [3.8, 4) is 5.69 Å². The Morgan fingerprint density at radius 1 is 1.07 bits per heavy atom. The van der Waals surface area contributed by atoms with Crippen molar-refractivity contribution in [1.82, 2.24) is 19.4 Å². The Labute approximate surface area is 170 Å². The van der Waals surface area contributed by atoms with Crippen molar-refractivity contribution in [2.24, 2.45) is 0 Å². The lowest BCUT2D eigenvalue weighted by atomic mass is 9.94. The van der Waals surface area contributed by atoms with E-state index >= 15 is 0 Å². The first-order valence-electron chi connectivity index (χ1n) is 10.2. The highest BCUT2D eigenvalue weighted by Gasteiger charge is 2.40. The molecule has 1 aliphatic rings. The molecule has 5 N–H and O–H groups in total. The van der Waals surface area contributed by atoms with Gasteiger partial charge in [-0.15, -0.1) is 0 Å². The van der Waals surface area contributed by atoms with Gasteiger partial charge in [0.1, 0.15) is 18.0 Å². The van der Waals surface area contributed by atoms with Gasteiger partial charge in [0.2, 0.25) is 0 Å². The van der Waals surface area contributed by atoms with Gasteiger partial charge in [-0.05, 0) is 31.5 Å². The van der Waals surface area contributed by atoms with Gasteiger partial charge in [0.25, 0.3) is 0 Å². The van der Waals surface area contributed by atoms with Crippen molar-refractivity contribution in [2.75, 3.05) is 31.6 Å². The lowest BCUT2D eigenvalue weighted by molar-refractivity contribution is -0.145. The van der Waals surface area contributed by atoms with Gasteiger partial charge in [0.15, 0.2) is 0 Å². The molecule has 0 unspecified atom stereocenters. The van der Waals surface area contributed by atoms with Crippen LogP contribution in [0.5, 0.6) is 0 Å². The molecule has 0 amide bonds. The molecule has 3 rings (SSSR count).